The third kappa shape index (κ3) is 20.6. The van der Waals surface area contributed by atoms with Gasteiger partial charge in [-0.3, -0.25) is 4.79 Å². The number of carbonyl (C=O) groups is 1. The highest BCUT2D eigenvalue weighted by Gasteiger charge is 2.05. The van der Waals surface area contributed by atoms with E-state index >= 15 is 0 Å². The first-order chi connectivity index (χ1) is 13.2. The normalized spacial score (nSPS) is 13.4. The van der Waals surface area contributed by atoms with Gasteiger partial charge in [0.05, 0.1) is 6.10 Å². The van der Waals surface area contributed by atoms with Crippen molar-refractivity contribution < 1.29 is 14.6 Å². The summed E-state index contributed by atoms with van der Waals surface area (Å²) in [5.74, 6) is -0.224. The second-order valence-electron chi connectivity index (χ2n) is 6.73. The number of hydrogen-bond acceptors (Lipinski definition) is 3. The van der Waals surface area contributed by atoms with Gasteiger partial charge in [-0.1, -0.05) is 75.3 Å². The van der Waals surface area contributed by atoms with Crippen molar-refractivity contribution in [3.8, 4) is 0 Å². The summed E-state index contributed by atoms with van der Waals surface area (Å²) in [6.45, 7) is 4.21. The van der Waals surface area contributed by atoms with E-state index in [1.165, 1.54) is 25.7 Å². The summed E-state index contributed by atoms with van der Waals surface area (Å²) in [6, 6.07) is 0. The number of unbranched alkanes of at least 4 members (excludes halogenated alkanes) is 4. The Morgan fingerprint density at radius 2 is 1.33 bits per heavy atom. The molecule has 0 heterocycles. The maximum absolute atomic E-state index is 11.4. The number of ether oxygens (including phenoxy) is 1. The van der Waals surface area contributed by atoms with Crippen molar-refractivity contribution in [1.82, 2.24) is 0 Å². The Morgan fingerprint density at radius 1 is 0.815 bits per heavy atom. The third-order valence-corrected chi connectivity index (χ3v) is 4.12. The first kappa shape index (κ1) is 25.4. The number of carbonyl (C=O) groups excluding carboxylic acids is 1. The van der Waals surface area contributed by atoms with Gasteiger partial charge in [-0.15, -0.1) is 0 Å². The predicted octanol–water partition coefficient (Wildman–Crippen LogP) is 6.45. The van der Waals surface area contributed by atoms with Crippen molar-refractivity contribution in [2.75, 3.05) is 6.61 Å². The van der Waals surface area contributed by atoms with Crippen LogP contribution in [0.5, 0.6) is 0 Å². The molecule has 0 fully saturated rings. The highest BCUT2D eigenvalue weighted by molar-refractivity contribution is 5.69. The minimum absolute atomic E-state index is 0.111. The molecule has 0 bridgehead atoms. The lowest BCUT2D eigenvalue weighted by atomic mass is 10.2. The van der Waals surface area contributed by atoms with Gasteiger partial charge in [-0.2, -0.15) is 0 Å². The first-order valence-corrected chi connectivity index (χ1v) is 10.6. The summed E-state index contributed by atoms with van der Waals surface area (Å²) in [4.78, 5) is 11.4. The monoisotopic (exact) mass is 376 g/mol. The van der Waals surface area contributed by atoms with Gasteiger partial charge < -0.3 is 9.84 Å². The minimum atomic E-state index is -0.539. The number of hydrogen-bond donors (Lipinski definition) is 1. The summed E-state index contributed by atoms with van der Waals surface area (Å²) in [6.07, 6.45) is 27.8. The van der Waals surface area contributed by atoms with Crippen molar-refractivity contribution in [1.29, 1.82) is 0 Å². The van der Waals surface area contributed by atoms with Crippen molar-refractivity contribution >= 4 is 5.97 Å². The zero-order valence-corrected chi connectivity index (χ0v) is 17.4. The Bertz CT molecular complexity index is 447. The third-order valence-electron chi connectivity index (χ3n) is 4.12. The first-order valence-electron chi connectivity index (χ1n) is 10.6. The number of aliphatic hydroxyl groups excluding tert-OH is 1. The van der Waals surface area contributed by atoms with E-state index in [2.05, 4.69) is 55.5 Å². The molecule has 0 aromatic heterocycles. The predicted molar refractivity (Wildman–Crippen MR) is 116 cm³/mol. The molecule has 1 N–H and O–H groups in total. The Balaban J connectivity index is 3.49. The molecule has 0 saturated heterocycles. The fourth-order valence-corrected chi connectivity index (χ4v) is 2.30. The summed E-state index contributed by atoms with van der Waals surface area (Å²) >= 11 is 0. The molecule has 0 saturated carbocycles. The van der Waals surface area contributed by atoms with Crippen molar-refractivity contribution in [3.05, 3.63) is 48.6 Å². The van der Waals surface area contributed by atoms with Crippen molar-refractivity contribution in [2.24, 2.45) is 0 Å². The van der Waals surface area contributed by atoms with Gasteiger partial charge in [0.25, 0.3) is 0 Å². The molecule has 27 heavy (non-hydrogen) atoms. The number of allylic oxidation sites excluding steroid dienone is 8. The number of rotatable bonds is 17. The Hall–Kier alpha value is -1.61. The average molecular weight is 377 g/mol. The molecule has 0 aromatic carbocycles. The molecule has 0 amide bonds. The molecule has 0 aliphatic carbocycles. The van der Waals surface area contributed by atoms with Crippen molar-refractivity contribution in [2.45, 2.75) is 90.6 Å². The van der Waals surface area contributed by atoms with E-state index in [1.807, 2.05) is 6.92 Å². The fraction of sp³-hybridized carbons (Fsp3) is 0.625. The van der Waals surface area contributed by atoms with Gasteiger partial charge in [0.15, 0.2) is 0 Å². The summed E-state index contributed by atoms with van der Waals surface area (Å²) in [7, 11) is 0. The molecule has 0 aromatic rings. The highest BCUT2D eigenvalue weighted by atomic mass is 16.5. The van der Waals surface area contributed by atoms with Crippen LogP contribution in [0.2, 0.25) is 0 Å². The lowest BCUT2D eigenvalue weighted by Gasteiger charge is -2.08. The van der Waals surface area contributed by atoms with Crippen molar-refractivity contribution in [3.63, 3.8) is 0 Å². The average Bonchev–Trinajstić information content (AvgIpc) is 2.68. The second kappa shape index (κ2) is 20.7. The van der Waals surface area contributed by atoms with Crippen LogP contribution in [0.1, 0.15) is 84.5 Å². The van der Waals surface area contributed by atoms with Crippen LogP contribution in [0, 0.1) is 0 Å². The van der Waals surface area contributed by atoms with Crippen LogP contribution in [0.15, 0.2) is 48.6 Å². The van der Waals surface area contributed by atoms with Gasteiger partial charge >= 0.3 is 5.97 Å². The van der Waals surface area contributed by atoms with Crippen LogP contribution in [-0.2, 0) is 9.53 Å². The highest BCUT2D eigenvalue weighted by Crippen LogP contribution is 2.02. The maximum Gasteiger partial charge on any atom is 0.305 e. The van der Waals surface area contributed by atoms with E-state index in [9.17, 15) is 9.90 Å². The van der Waals surface area contributed by atoms with Crippen LogP contribution >= 0.6 is 0 Å². The van der Waals surface area contributed by atoms with Gasteiger partial charge in [-0.25, -0.2) is 0 Å². The molecule has 0 aliphatic rings. The van der Waals surface area contributed by atoms with Crippen LogP contribution < -0.4 is 0 Å². The van der Waals surface area contributed by atoms with E-state index < -0.39 is 6.10 Å². The molecule has 0 rings (SSSR count). The number of esters is 1. The zero-order valence-electron chi connectivity index (χ0n) is 17.4. The van der Waals surface area contributed by atoms with Crippen LogP contribution in [0.25, 0.3) is 0 Å². The maximum atomic E-state index is 11.4. The molecule has 0 aliphatic heterocycles. The van der Waals surface area contributed by atoms with Gasteiger partial charge in [0, 0.05) is 6.42 Å². The lowest BCUT2D eigenvalue weighted by molar-refractivity contribution is -0.146. The summed E-state index contributed by atoms with van der Waals surface area (Å²) in [5.41, 5.74) is 0. The Kier molecular flexibility index (Phi) is 19.5. The fourth-order valence-electron chi connectivity index (χ4n) is 2.30. The molecule has 1 unspecified atom stereocenters. The second-order valence-corrected chi connectivity index (χ2v) is 6.73. The SMILES string of the molecule is CCCCC/C=C\C/C=C\C/C=C\C/C=C\CCCC(=O)OCC(O)CC. The Labute approximate surface area is 166 Å². The molecule has 154 valence electrons. The van der Waals surface area contributed by atoms with Crippen LogP contribution in [0.3, 0.4) is 0 Å². The quantitative estimate of drug-likeness (QED) is 0.180. The van der Waals surface area contributed by atoms with Crippen LogP contribution in [0.4, 0.5) is 0 Å². The minimum Gasteiger partial charge on any atom is -0.463 e. The smallest absolute Gasteiger partial charge is 0.305 e. The van der Waals surface area contributed by atoms with E-state index in [1.54, 1.807) is 0 Å². The van der Waals surface area contributed by atoms with Gasteiger partial charge in [0.2, 0.25) is 0 Å². The van der Waals surface area contributed by atoms with Gasteiger partial charge in [0.1, 0.15) is 6.61 Å². The molecule has 0 spiro atoms. The Morgan fingerprint density at radius 3 is 1.85 bits per heavy atom. The molecule has 3 heteroatoms. The van der Waals surface area contributed by atoms with Crippen LogP contribution in [-0.4, -0.2) is 23.8 Å². The van der Waals surface area contributed by atoms with E-state index in [-0.39, 0.29) is 12.6 Å². The molecule has 0 radical (unpaired) electrons. The lowest BCUT2D eigenvalue weighted by Crippen LogP contribution is -2.17. The van der Waals surface area contributed by atoms with E-state index in [0.29, 0.717) is 12.8 Å². The summed E-state index contributed by atoms with van der Waals surface area (Å²) < 4.78 is 4.99. The summed E-state index contributed by atoms with van der Waals surface area (Å²) in [5, 5.41) is 9.33. The topological polar surface area (TPSA) is 46.5 Å². The number of aliphatic hydroxyl groups is 1. The largest absolute Gasteiger partial charge is 0.463 e. The molecule has 3 nitrogen and oxygen atoms in total. The molecular weight excluding hydrogens is 336 g/mol. The van der Waals surface area contributed by atoms with E-state index in [4.69, 9.17) is 4.74 Å². The van der Waals surface area contributed by atoms with E-state index in [0.717, 1.165) is 32.1 Å². The zero-order chi connectivity index (χ0) is 20.0. The standard InChI is InChI=1S/C24H40O3/c1-3-5-6-7-8-9-10-11-12-13-14-15-16-17-18-19-20-21-24(26)27-22-23(25)4-2/h8-9,11-12,14-15,17-18,23,25H,3-7,10,13,16,19-22H2,1-2H3/b9-8-,12-11-,15-14-,18-17-. The molecule has 1 atom stereocenters. The van der Waals surface area contributed by atoms with Gasteiger partial charge in [-0.05, 0) is 51.4 Å². The molecular formula is C24H40O3.